The molecule has 0 saturated heterocycles. The molecule has 72 valence electrons. The van der Waals surface area contributed by atoms with E-state index in [1.54, 1.807) is 0 Å². The number of rotatable bonds is 2. The van der Waals surface area contributed by atoms with Crippen molar-refractivity contribution in [3.8, 4) is 16.5 Å². The molecule has 0 bridgehead atoms. The van der Waals surface area contributed by atoms with Gasteiger partial charge in [0.25, 0.3) is 0 Å². The van der Waals surface area contributed by atoms with Gasteiger partial charge in [-0.15, -0.1) is 0 Å². The summed E-state index contributed by atoms with van der Waals surface area (Å²) in [6.45, 7) is 0.286. The van der Waals surface area contributed by atoms with Gasteiger partial charge in [0.2, 0.25) is 0 Å². The first-order chi connectivity index (χ1) is 6.81. The fraction of sp³-hybridized carbons (Fsp3) is 0.222. The summed E-state index contributed by atoms with van der Waals surface area (Å²) in [6.07, 6.45) is 0. The van der Waals surface area contributed by atoms with Crippen LogP contribution in [0.4, 0.5) is 0 Å². The zero-order chi connectivity index (χ0) is 9.97. The van der Waals surface area contributed by atoms with E-state index >= 15 is 0 Å². The minimum absolute atomic E-state index is 0.00375. The van der Waals surface area contributed by atoms with E-state index in [0.717, 1.165) is 26.9 Å². The molecule has 1 aliphatic heterocycles. The second-order valence-corrected chi connectivity index (χ2v) is 5.13. The van der Waals surface area contributed by atoms with Crippen LogP contribution in [0.3, 0.4) is 0 Å². The summed E-state index contributed by atoms with van der Waals surface area (Å²) in [6, 6.07) is 3.83. The van der Waals surface area contributed by atoms with Crippen LogP contribution in [0.2, 0.25) is 0 Å². The first kappa shape index (κ1) is 9.85. The number of fused-ring (bicyclic) bond motifs is 1. The van der Waals surface area contributed by atoms with E-state index in [4.69, 9.17) is 14.7 Å². The predicted octanol–water partition coefficient (Wildman–Crippen LogP) is 1.86. The molecule has 0 fully saturated rings. The quantitative estimate of drug-likeness (QED) is 0.782. The topological polar surface area (TPSA) is 42.2 Å². The average molecular weight is 319 g/mol. The van der Waals surface area contributed by atoms with Gasteiger partial charge in [0.15, 0.2) is 0 Å². The van der Waals surface area contributed by atoms with Crippen molar-refractivity contribution in [2.45, 2.75) is 5.32 Å². The van der Waals surface area contributed by atoms with E-state index in [-0.39, 0.29) is 21.7 Å². The van der Waals surface area contributed by atoms with Gasteiger partial charge in [0, 0.05) is 0 Å². The molecule has 14 heavy (non-hydrogen) atoms. The Morgan fingerprint density at radius 2 is 2.14 bits per heavy atom. The van der Waals surface area contributed by atoms with Crippen molar-refractivity contribution in [2.24, 2.45) is 0 Å². The summed E-state index contributed by atoms with van der Waals surface area (Å²) >= 11 is 3.44. The van der Waals surface area contributed by atoms with Crippen molar-refractivity contribution in [2.75, 3.05) is 6.79 Å². The third-order valence-electron chi connectivity index (χ3n) is 1.83. The van der Waals surface area contributed by atoms with Crippen LogP contribution >= 0.6 is 15.9 Å². The molecule has 0 N–H and O–H groups in total. The van der Waals surface area contributed by atoms with Crippen LogP contribution in [0.5, 0.6) is 11.5 Å². The molecule has 0 radical (unpaired) electrons. The molecular weight excluding hydrogens is 313 g/mol. The van der Waals surface area contributed by atoms with Crippen LogP contribution < -0.4 is 9.47 Å². The summed E-state index contributed by atoms with van der Waals surface area (Å²) in [4.78, 5) is 2.18. The number of benzene rings is 1. The number of nitrogens with zero attached hydrogens (tertiary/aromatic N) is 1. The van der Waals surface area contributed by atoms with Gasteiger partial charge in [-0.25, -0.2) is 0 Å². The fourth-order valence-electron chi connectivity index (χ4n) is 1.18. The van der Waals surface area contributed by atoms with Crippen LogP contribution in [0.25, 0.3) is 0 Å². The molecule has 1 heterocycles. The van der Waals surface area contributed by atoms with Crippen molar-refractivity contribution < 1.29 is 9.47 Å². The third-order valence-corrected chi connectivity index (χ3v) is 3.80. The number of hydrogen-bond acceptors (Lipinski definition) is 3. The molecule has 0 amide bonds. The van der Waals surface area contributed by atoms with E-state index in [1.165, 1.54) is 0 Å². The Hall–Kier alpha value is -0.691. The summed E-state index contributed by atoms with van der Waals surface area (Å²) in [7, 11) is 0. The summed E-state index contributed by atoms with van der Waals surface area (Å²) < 4.78 is 11.5. The minimum atomic E-state index is -0.00375. The van der Waals surface area contributed by atoms with Gasteiger partial charge in [-0.3, -0.25) is 0 Å². The van der Waals surface area contributed by atoms with E-state index < -0.39 is 0 Å². The molecule has 0 unspecified atom stereocenters. The third kappa shape index (κ3) is 1.88. The van der Waals surface area contributed by atoms with Crippen molar-refractivity contribution in [1.82, 2.24) is 0 Å². The van der Waals surface area contributed by atoms with Gasteiger partial charge in [-0.1, -0.05) is 0 Å². The Balaban J connectivity index is 2.29. The Morgan fingerprint density at radius 3 is 2.86 bits per heavy atom. The average Bonchev–Trinajstić information content (AvgIpc) is 2.61. The van der Waals surface area contributed by atoms with Gasteiger partial charge in [-0.05, 0) is 0 Å². The first-order valence-corrected chi connectivity index (χ1v) is 6.76. The molecule has 0 aromatic heterocycles. The molecular formula is C9H6BrNO2Se. The Morgan fingerprint density at radius 1 is 1.43 bits per heavy atom. The van der Waals surface area contributed by atoms with Crippen molar-refractivity contribution >= 4 is 30.9 Å². The monoisotopic (exact) mass is 319 g/mol. The molecule has 3 nitrogen and oxygen atoms in total. The fourth-order valence-corrected chi connectivity index (χ4v) is 3.02. The predicted molar refractivity (Wildman–Crippen MR) is 55.3 cm³/mol. The standard InChI is InChI=1S/C9H6BrNO2Se/c10-7-2-9-8(12-5-13-9)1-6(7)3-14-4-11/h1-2H,3,5H2. The molecule has 1 aromatic rings. The molecule has 2 rings (SSSR count). The number of hydrogen-bond donors (Lipinski definition) is 0. The summed E-state index contributed by atoms with van der Waals surface area (Å²) in [5.41, 5.74) is 1.11. The molecule has 0 aliphatic carbocycles. The van der Waals surface area contributed by atoms with E-state index in [0.29, 0.717) is 0 Å². The molecule has 1 aliphatic rings. The molecule has 5 heteroatoms. The van der Waals surface area contributed by atoms with Crippen molar-refractivity contribution in [3.05, 3.63) is 22.2 Å². The normalized spacial score (nSPS) is 12.6. The molecule has 0 saturated carbocycles. The first-order valence-electron chi connectivity index (χ1n) is 3.90. The Kier molecular flexibility index (Phi) is 2.97. The number of ether oxygens (including phenoxy) is 2. The Bertz CT molecular complexity index is 403. The summed E-state index contributed by atoms with van der Waals surface area (Å²) in [5.74, 6) is 1.54. The van der Waals surface area contributed by atoms with Gasteiger partial charge in [0.1, 0.15) is 0 Å². The maximum atomic E-state index is 8.52. The van der Waals surface area contributed by atoms with Crippen LogP contribution in [0.15, 0.2) is 16.6 Å². The van der Waals surface area contributed by atoms with E-state index in [2.05, 4.69) is 20.9 Å². The second kappa shape index (κ2) is 4.22. The summed E-state index contributed by atoms with van der Waals surface area (Å²) in [5, 5.41) is 9.31. The molecule has 1 aromatic carbocycles. The van der Waals surface area contributed by atoms with Crippen LogP contribution in [-0.4, -0.2) is 21.7 Å². The van der Waals surface area contributed by atoms with Gasteiger partial charge >= 0.3 is 96.4 Å². The number of halogens is 1. The second-order valence-electron chi connectivity index (χ2n) is 2.68. The number of nitriles is 1. The Labute approximate surface area is 96.3 Å². The van der Waals surface area contributed by atoms with Gasteiger partial charge < -0.3 is 0 Å². The van der Waals surface area contributed by atoms with Crippen molar-refractivity contribution in [1.29, 1.82) is 5.26 Å². The van der Waals surface area contributed by atoms with Gasteiger partial charge in [0.05, 0.1) is 0 Å². The zero-order valence-electron chi connectivity index (χ0n) is 7.12. The zero-order valence-corrected chi connectivity index (χ0v) is 10.4. The SMILES string of the molecule is N#C[Se]Cc1cc2c(cc1Br)OCO2. The van der Waals surface area contributed by atoms with E-state index in [1.807, 2.05) is 12.1 Å². The molecule has 0 atom stereocenters. The maximum absolute atomic E-state index is 8.52. The van der Waals surface area contributed by atoms with Crippen LogP contribution in [0, 0.1) is 10.2 Å². The van der Waals surface area contributed by atoms with Crippen molar-refractivity contribution in [3.63, 3.8) is 0 Å². The van der Waals surface area contributed by atoms with Crippen LogP contribution in [-0.2, 0) is 5.32 Å². The van der Waals surface area contributed by atoms with E-state index in [9.17, 15) is 0 Å². The van der Waals surface area contributed by atoms with Gasteiger partial charge in [-0.2, -0.15) is 0 Å². The van der Waals surface area contributed by atoms with Crippen LogP contribution in [0.1, 0.15) is 5.56 Å². The molecule has 0 spiro atoms.